The number of aryl methyl sites for hydroxylation is 1. The second-order valence-electron chi connectivity index (χ2n) is 6.33. The molecule has 0 aliphatic heterocycles. The van der Waals surface area contributed by atoms with Crippen LogP contribution in [0.5, 0.6) is 0 Å². The Bertz CT molecular complexity index is 1220. The number of nitrogens with zero attached hydrogens (tertiary/aromatic N) is 2. The Balaban J connectivity index is 1.88. The van der Waals surface area contributed by atoms with E-state index in [-0.39, 0.29) is 5.56 Å². The first-order valence-electron chi connectivity index (χ1n) is 8.70. The number of benzene rings is 3. The minimum absolute atomic E-state index is 0.0901. The van der Waals surface area contributed by atoms with Gasteiger partial charge in [-0.05, 0) is 48.4 Å². The maximum Gasteiger partial charge on any atom is 0.266 e. The number of halogens is 2. The standard InChI is InChI=1S/C22H16Cl2N2OS/c1-14-7-2-5-12-20(14)26-21(27)15-8-3-4-11-19(15)25-22(26)28-13-16-17(23)9-6-10-18(16)24/h2-12H,13H2,1H3. The van der Waals surface area contributed by atoms with E-state index in [2.05, 4.69) is 0 Å². The van der Waals surface area contributed by atoms with Crippen LogP contribution in [-0.4, -0.2) is 9.55 Å². The van der Waals surface area contributed by atoms with Crippen LogP contribution < -0.4 is 5.56 Å². The molecule has 0 aliphatic rings. The summed E-state index contributed by atoms with van der Waals surface area (Å²) in [4.78, 5) is 18.1. The summed E-state index contributed by atoms with van der Waals surface area (Å²) in [5.74, 6) is 0.509. The summed E-state index contributed by atoms with van der Waals surface area (Å²) in [6.45, 7) is 1.98. The molecule has 0 spiro atoms. The minimum Gasteiger partial charge on any atom is -0.268 e. The molecule has 0 fully saturated rings. The van der Waals surface area contributed by atoms with Crippen molar-refractivity contribution in [2.45, 2.75) is 17.8 Å². The number of thioether (sulfide) groups is 1. The van der Waals surface area contributed by atoms with Crippen molar-refractivity contribution >= 4 is 45.9 Å². The lowest BCUT2D eigenvalue weighted by Gasteiger charge is -2.15. The molecule has 3 aromatic carbocycles. The average molecular weight is 427 g/mol. The van der Waals surface area contributed by atoms with Gasteiger partial charge in [-0.1, -0.05) is 71.4 Å². The highest BCUT2D eigenvalue weighted by Crippen LogP contribution is 2.32. The van der Waals surface area contributed by atoms with Crippen molar-refractivity contribution in [3.63, 3.8) is 0 Å². The third kappa shape index (κ3) is 3.55. The Hall–Kier alpha value is -2.27. The van der Waals surface area contributed by atoms with E-state index in [1.54, 1.807) is 10.6 Å². The highest BCUT2D eigenvalue weighted by molar-refractivity contribution is 7.98. The van der Waals surface area contributed by atoms with Crippen LogP contribution in [0.25, 0.3) is 16.6 Å². The molecule has 0 N–H and O–H groups in total. The van der Waals surface area contributed by atoms with E-state index in [0.29, 0.717) is 31.9 Å². The van der Waals surface area contributed by atoms with Gasteiger partial charge in [-0.2, -0.15) is 0 Å². The number of rotatable bonds is 4. The van der Waals surface area contributed by atoms with Crippen molar-refractivity contribution in [3.8, 4) is 5.69 Å². The van der Waals surface area contributed by atoms with Gasteiger partial charge in [0.2, 0.25) is 0 Å². The summed E-state index contributed by atoms with van der Waals surface area (Å²) in [5, 5.41) is 2.40. The first kappa shape index (κ1) is 19.1. The predicted molar refractivity (Wildman–Crippen MR) is 118 cm³/mol. The smallest absolute Gasteiger partial charge is 0.266 e. The van der Waals surface area contributed by atoms with E-state index in [0.717, 1.165) is 16.8 Å². The number of aromatic nitrogens is 2. The van der Waals surface area contributed by atoms with Gasteiger partial charge in [-0.15, -0.1) is 0 Å². The van der Waals surface area contributed by atoms with Gasteiger partial charge in [-0.3, -0.25) is 9.36 Å². The van der Waals surface area contributed by atoms with E-state index in [1.165, 1.54) is 11.8 Å². The van der Waals surface area contributed by atoms with Gasteiger partial charge in [0.05, 0.1) is 16.6 Å². The minimum atomic E-state index is -0.0901. The largest absolute Gasteiger partial charge is 0.268 e. The molecule has 0 amide bonds. The molecule has 4 aromatic rings. The first-order chi connectivity index (χ1) is 13.6. The Labute approximate surface area is 176 Å². The predicted octanol–water partition coefficient (Wildman–Crippen LogP) is 6.29. The van der Waals surface area contributed by atoms with Crippen LogP contribution in [0.2, 0.25) is 10.0 Å². The number of hydrogen-bond acceptors (Lipinski definition) is 3. The lowest BCUT2D eigenvalue weighted by molar-refractivity contribution is 0.814. The van der Waals surface area contributed by atoms with E-state index >= 15 is 0 Å². The van der Waals surface area contributed by atoms with E-state index < -0.39 is 0 Å². The molecule has 140 valence electrons. The maximum absolute atomic E-state index is 13.3. The average Bonchev–Trinajstić information content (AvgIpc) is 2.69. The molecule has 0 radical (unpaired) electrons. The van der Waals surface area contributed by atoms with Crippen LogP contribution >= 0.6 is 35.0 Å². The summed E-state index contributed by atoms with van der Waals surface area (Å²) in [6, 6.07) is 20.6. The van der Waals surface area contributed by atoms with Crippen molar-refractivity contribution in [2.24, 2.45) is 0 Å². The molecular formula is C22H16Cl2N2OS. The van der Waals surface area contributed by atoms with Crippen LogP contribution in [0.1, 0.15) is 11.1 Å². The zero-order chi connectivity index (χ0) is 19.7. The van der Waals surface area contributed by atoms with E-state index in [1.807, 2.05) is 67.6 Å². The summed E-state index contributed by atoms with van der Waals surface area (Å²) >= 11 is 14.1. The number of hydrogen-bond donors (Lipinski definition) is 0. The lowest BCUT2D eigenvalue weighted by atomic mass is 10.2. The fourth-order valence-corrected chi connectivity index (χ4v) is 4.79. The normalized spacial score (nSPS) is 11.1. The quantitative estimate of drug-likeness (QED) is 0.284. The zero-order valence-corrected chi connectivity index (χ0v) is 17.4. The van der Waals surface area contributed by atoms with Gasteiger partial charge in [0.1, 0.15) is 0 Å². The van der Waals surface area contributed by atoms with Crippen LogP contribution in [0.4, 0.5) is 0 Å². The Kier molecular flexibility index (Phi) is 5.44. The fourth-order valence-electron chi connectivity index (χ4n) is 3.04. The highest BCUT2D eigenvalue weighted by atomic mass is 35.5. The van der Waals surface area contributed by atoms with Gasteiger partial charge in [0, 0.05) is 15.8 Å². The van der Waals surface area contributed by atoms with Gasteiger partial charge in [0.15, 0.2) is 5.16 Å². The van der Waals surface area contributed by atoms with Crippen molar-refractivity contribution in [1.29, 1.82) is 0 Å². The van der Waals surface area contributed by atoms with Gasteiger partial charge >= 0.3 is 0 Å². The summed E-state index contributed by atoms with van der Waals surface area (Å²) in [5.41, 5.74) is 3.23. The second-order valence-corrected chi connectivity index (χ2v) is 8.08. The van der Waals surface area contributed by atoms with Crippen LogP contribution in [0.3, 0.4) is 0 Å². The molecule has 0 saturated heterocycles. The summed E-state index contributed by atoms with van der Waals surface area (Å²) in [7, 11) is 0. The molecule has 6 heteroatoms. The number of para-hydroxylation sites is 2. The second kappa shape index (κ2) is 8.00. The van der Waals surface area contributed by atoms with Crippen molar-refractivity contribution in [1.82, 2.24) is 9.55 Å². The molecule has 0 aliphatic carbocycles. The molecule has 0 unspecified atom stereocenters. The fraction of sp³-hybridized carbons (Fsp3) is 0.0909. The third-order valence-corrected chi connectivity index (χ3v) is 6.18. The topological polar surface area (TPSA) is 34.9 Å². The van der Waals surface area contributed by atoms with Crippen molar-refractivity contribution in [2.75, 3.05) is 0 Å². The van der Waals surface area contributed by atoms with Crippen molar-refractivity contribution < 1.29 is 0 Å². The molecule has 1 heterocycles. The lowest BCUT2D eigenvalue weighted by Crippen LogP contribution is -2.22. The Morgan fingerprint density at radius 1 is 0.929 bits per heavy atom. The summed E-state index contributed by atoms with van der Waals surface area (Å²) in [6.07, 6.45) is 0. The molecule has 3 nitrogen and oxygen atoms in total. The van der Waals surface area contributed by atoms with Crippen LogP contribution in [0.15, 0.2) is 76.7 Å². The first-order valence-corrected chi connectivity index (χ1v) is 10.4. The number of fused-ring (bicyclic) bond motifs is 1. The van der Waals surface area contributed by atoms with Crippen molar-refractivity contribution in [3.05, 3.63) is 98.3 Å². The van der Waals surface area contributed by atoms with Crippen LogP contribution in [-0.2, 0) is 5.75 Å². The molecule has 4 rings (SSSR count). The maximum atomic E-state index is 13.3. The zero-order valence-electron chi connectivity index (χ0n) is 15.0. The molecule has 0 saturated carbocycles. The van der Waals surface area contributed by atoms with Crippen LogP contribution in [0, 0.1) is 6.92 Å². The molecule has 0 atom stereocenters. The van der Waals surface area contributed by atoms with E-state index in [4.69, 9.17) is 28.2 Å². The molecule has 28 heavy (non-hydrogen) atoms. The molecule has 1 aromatic heterocycles. The Morgan fingerprint density at radius 3 is 2.36 bits per heavy atom. The highest BCUT2D eigenvalue weighted by Gasteiger charge is 2.16. The molecule has 0 bridgehead atoms. The molecular weight excluding hydrogens is 411 g/mol. The van der Waals surface area contributed by atoms with Gasteiger partial charge in [-0.25, -0.2) is 4.98 Å². The monoisotopic (exact) mass is 426 g/mol. The Morgan fingerprint density at radius 2 is 1.61 bits per heavy atom. The SMILES string of the molecule is Cc1ccccc1-n1c(SCc2c(Cl)cccc2Cl)nc2ccccc2c1=O. The summed E-state index contributed by atoms with van der Waals surface area (Å²) < 4.78 is 1.67. The third-order valence-electron chi connectivity index (χ3n) is 4.51. The van der Waals surface area contributed by atoms with Gasteiger partial charge < -0.3 is 0 Å². The van der Waals surface area contributed by atoms with Gasteiger partial charge in [0.25, 0.3) is 5.56 Å². The van der Waals surface area contributed by atoms with E-state index in [9.17, 15) is 4.79 Å².